The Labute approximate surface area is 210 Å². The van der Waals surface area contributed by atoms with Crippen LogP contribution in [0.1, 0.15) is 55.3 Å². The van der Waals surface area contributed by atoms with Gasteiger partial charge in [0.05, 0.1) is 31.3 Å². The summed E-state index contributed by atoms with van der Waals surface area (Å²) in [5.74, 6) is -1.37. The van der Waals surface area contributed by atoms with Crippen molar-refractivity contribution in [2.24, 2.45) is 5.92 Å². The summed E-state index contributed by atoms with van der Waals surface area (Å²) < 4.78 is 12.9. The number of rotatable bonds is 9. The molecule has 2 aromatic rings. The SMILES string of the molecule is C[C@@H]1[C@H](CN2CC[C@H](O)C2)O[C@H](c2cccc(NC(=O)CCC(=O)O)c2)O[C@@H]1c1ccc(CO)cc1. The Balaban J connectivity index is 1.54. The largest absolute Gasteiger partial charge is 0.481 e. The molecule has 2 aliphatic heterocycles. The fourth-order valence-electron chi connectivity index (χ4n) is 4.77. The first-order chi connectivity index (χ1) is 17.3. The monoisotopic (exact) mass is 498 g/mol. The molecular weight excluding hydrogens is 464 g/mol. The zero-order valence-electron chi connectivity index (χ0n) is 20.4. The van der Waals surface area contributed by atoms with Crippen molar-refractivity contribution in [3.63, 3.8) is 0 Å². The predicted octanol–water partition coefficient (Wildman–Crippen LogP) is 2.84. The molecule has 2 aromatic carbocycles. The summed E-state index contributed by atoms with van der Waals surface area (Å²) in [7, 11) is 0. The second kappa shape index (κ2) is 11.9. The molecule has 0 aromatic heterocycles. The topological polar surface area (TPSA) is 129 Å². The lowest BCUT2D eigenvalue weighted by Gasteiger charge is -2.42. The van der Waals surface area contributed by atoms with Gasteiger partial charge in [-0.15, -0.1) is 0 Å². The number of carboxylic acid groups (broad SMARTS) is 1. The quantitative estimate of drug-likeness (QED) is 0.416. The number of benzene rings is 2. The van der Waals surface area contributed by atoms with Gasteiger partial charge in [-0.2, -0.15) is 0 Å². The summed E-state index contributed by atoms with van der Waals surface area (Å²) in [6, 6.07) is 14.9. The van der Waals surface area contributed by atoms with Crippen molar-refractivity contribution in [1.29, 1.82) is 0 Å². The molecule has 4 rings (SSSR count). The van der Waals surface area contributed by atoms with Gasteiger partial charge in [-0.05, 0) is 29.7 Å². The van der Waals surface area contributed by atoms with Crippen LogP contribution in [-0.4, -0.2) is 63.9 Å². The average Bonchev–Trinajstić information content (AvgIpc) is 3.28. The predicted molar refractivity (Wildman–Crippen MR) is 132 cm³/mol. The highest BCUT2D eigenvalue weighted by atomic mass is 16.7. The second-order valence-corrected chi connectivity index (χ2v) is 9.59. The Morgan fingerprint density at radius 3 is 2.53 bits per heavy atom. The molecule has 9 nitrogen and oxygen atoms in total. The number of likely N-dealkylation sites (tertiary alicyclic amines) is 1. The van der Waals surface area contributed by atoms with E-state index in [9.17, 15) is 19.8 Å². The number of nitrogens with one attached hydrogen (secondary N) is 1. The Morgan fingerprint density at radius 2 is 1.86 bits per heavy atom. The third-order valence-electron chi connectivity index (χ3n) is 6.82. The molecule has 4 N–H and O–H groups in total. The fraction of sp³-hybridized carbons (Fsp3) is 0.481. The normalized spacial score (nSPS) is 26.6. The minimum absolute atomic E-state index is 0.0258. The number of aliphatic carboxylic acids is 1. The number of carboxylic acids is 1. The summed E-state index contributed by atoms with van der Waals surface area (Å²) in [5, 5.41) is 31.0. The summed E-state index contributed by atoms with van der Waals surface area (Å²) in [4.78, 5) is 25.1. The van der Waals surface area contributed by atoms with Crippen LogP contribution in [0.4, 0.5) is 5.69 Å². The molecule has 0 radical (unpaired) electrons. The van der Waals surface area contributed by atoms with Crippen LogP contribution in [0.3, 0.4) is 0 Å². The molecule has 2 heterocycles. The van der Waals surface area contributed by atoms with E-state index < -0.39 is 12.3 Å². The number of β-amino-alcohol motifs (C(OH)–C–C–N with tert-alkyl or cyclic N) is 1. The zero-order chi connectivity index (χ0) is 25.7. The summed E-state index contributed by atoms with van der Waals surface area (Å²) in [6.45, 7) is 4.16. The number of nitrogens with zero attached hydrogens (tertiary/aromatic N) is 1. The molecule has 194 valence electrons. The molecule has 5 atom stereocenters. The summed E-state index contributed by atoms with van der Waals surface area (Å²) in [5.41, 5.74) is 3.08. The van der Waals surface area contributed by atoms with Gasteiger partial charge in [-0.25, -0.2) is 0 Å². The van der Waals surface area contributed by atoms with Crippen LogP contribution in [0, 0.1) is 5.92 Å². The molecule has 1 amide bonds. The Bertz CT molecular complexity index is 1040. The van der Waals surface area contributed by atoms with Gasteiger partial charge in [0.15, 0.2) is 6.29 Å². The van der Waals surface area contributed by atoms with E-state index in [1.807, 2.05) is 30.3 Å². The lowest BCUT2D eigenvalue weighted by Crippen LogP contribution is -2.44. The number of anilines is 1. The average molecular weight is 499 g/mol. The fourth-order valence-corrected chi connectivity index (χ4v) is 4.77. The maximum absolute atomic E-state index is 12.1. The smallest absolute Gasteiger partial charge is 0.303 e. The Kier molecular flexibility index (Phi) is 8.71. The van der Waals surface area contributed by atoms with Crippen LogP contribution < -0.4 is 5.32 Å². The number of ether oxygens (including phenoxy) is 2. The Hall–Kier alpha value is -2.82. The molecule has 0 saturated carbocycles. The molecule has 36 heavy (non-hydrogen) atoms. The van der Waals surface area contributed by atoms with E-state index in [2.05, 4.69) is 17.1 Å². The van der Waals surface area contributed by atoms with Crippen molar-refractivity contribution in [3.05, 3.63) is 65.2 Å². The van der Waals surface area contributed by atoms with Crippen molar-refractivity contribution in [2.75, 3.05) is 25.0 Å². The van der Waals surface area contributed by atoms with Crippen molar-refractivity contribution >= 4 is 17.6 Å². The highest BCUT2D eigenvalue weighted by Crippen LogP contribution is 2.42. The molecule has 2 aliphatic rings. The van der Waals surface area contributed by atoms with Crippen LogP contribution in [0.5, 0.6) is 0 Å². The maximum atomic E-state index is 12.1. The molecule has 0 spiro atoms. The van der Waals surface area contributed by atoms with Crippen LogP contribution in [0.25, 0.3) is 0 Å². The van der Waals surface area contributed by atoms with E-state index in [0.29, 0.717) is 18.8 Å². The summed E-state index contributed by atoms with van der Waals surface area (Å²) >= 11 is 0. The van der Waals surface area contributed by atoms with Crippen LogP contribution >= 0.6 is 0 Å². The van der Waals surface area contributed by atoms with Gasteiger partial charge < -0.3 is 30.1 Å². The first-order valence-corrected chi connectivity index (χ1v) is 12.3. The van der Waals surface area contributed by atoms with Gasteiger partial charge >= 0.3 is 5.97 Å². The molecule has 0 bridgehead atoms. The van der Waals surface area contributed by atoms with Gasteiger partial charge in [0.2, 0.25) is 5.91 Å². The third-order valence-corrected chi connectivity index (χ3v) is 6.82. The van der Waals surface area contributed by atoms with E-state index in [4.69, 9.17) is 14.6 Å². The van der Waals surface area contributed by atoms with Crippen LogP contribution in [0.2, 0.25) is 0 Å². The molecule has 0 aliphatic carbocycles. The van der Waals surface area contributed by atoms with Crippen LogP contribution in [-0.2, 0) is 25.7 Å². The lowest BCUT2D eigenvalue weighted by atomic mass is 9.90. The van der Waals surface area contributed by atoms with Crippen molar-refractivity contribution in [1.82, 2.24) is 4.90 Å². The zero-order valence-corrected chi connectivity index (χ0v) is 20.4. The molecule has 0 unspecified atom stereocenters. The minimum atomic E-state index is -1.02. The highest BCUT2D eigenvalue weighted by Gasteiger charge is 2.40. The Morgan fingerprint density at radius 1 is 1.08 bits per heavy atom. The van der Waals surface area contributed by atoms with E-state index in [-0.39, 0.29) is 49.6 Å². The first kappa shape index (κ1) is 26.2. The van der Waals surface area contributed by atoms with E-state index in [1.54, 1.807) is 18.2 Å². The van der Waals surface area contributed by atoms with Gasteiger partial charge in [0.1, 0.15) is 0 Å². The number of carbonyl (C=O) groups is 2. The van der Waals surface area contributed by atoms with Gasteiger partial charge in [0, 0.05) is 43.2 Å². The number of hydrogen-bond acceptors (Lipinski definition) is 7. The number of carbonyl (C=O) groups excluding carboxylic acids is 1. The van der Waals surface area contributed by atoms with Crippen LogP contribution in [0.15, 0.2) is 48.5 Å². The molecule has 2 saturated heterocycles. The van der Waals surface area contributed by atoms with Gasteiger partial charge in [-0.3, -0.25) is 14.5 Å². The number of amides is 1. The molecule has 2 fully saturated rings. The summed E-state index contributed by atoms with van der Waals surface area (Å²) in [6.07, 6.45) is -1.02. The lowest BCUT2D eigenvalue weighted by molar-refractivity contribution is -0.276. The standard InChI is InChI=1S/C27H34N2O7/c1-17-23(15-29-12-11-22(31)14-29)35-27(36-26(17)19-7-5-18(16-30)6-8-19)20-3-2-4-21(13-20)28-24(32)9-10-25(33)34/h2-8,13,17,22-23,26-27,30-31H,9-12,14-16H2,1H3,(H,28,32)(H,33,34)/t17-,22+,23+,26+,27+/m1/s1. The van der Waals surface area contributed by atoms with E-state index in [0.717, 1.165) is 29.7 Å². The maximum Gasteiger partial charge on any atom is 0.303 e. The van der Waals surface area contributed by atoms with Gasteiger partial charge in [0.25, 0.3) is 0 Å². The minimum Gasteiger partial charge on any atom is -0.481 e. The van der Waals surface area contributed by atoms with Crippen molar-refractivity contribution < 1.29 is 34.4 Å². The third kappa shape index (κ3) is 6.68. The van der Waals surface area contributed by atoms with E-state index >= 15 is 0 Å². The number of hydrogen-bond donors (Lipinski definition) is 4. The second-order valence-electron chi connectivity index (χ2n) is 9.59. The number of aliphatic hydroxyl groups is 2. The van der Waals surface area contributed by atoms with Crippen molar-refractivity contribution in [2.45, 2.75) is 57.4 Å². The first-order valence-electron chi connectivity index (χ1n) is 12.3. The molecular formula is C27H34N2O7. The highest BCUT2D eigenvalue weighted by molar-refractivity contribution is 5.92. The molecule has 9 heteroatoms. The number of aliphatic hydroxyl groups excluding tert-OH is 2. The van der Waals surface area contributed by atoms with Gasteiger partial charge in [-0.1, -0.05) is 43.3 Å². The van der Waals surface area contributed by atoms with E-state index in [1.165, 1.54) is 0 Å². The van der Waals surface area contributed by atoms with Crippen molar-refractivity contribution in [3.8, 4) is 0 Å².